The average Bonchev–Trinajstić information content (AvgIpc) is 2.46. The smallest absolute Gasteiger partial charge is 0.0962 e. The molecule has 0 aliphatic heterocycles. The van der Waals surface area contributed by atoms with E-state index < -0.39 is 0 Å². The molecule has 58 valence electrons. The minimum atomic E-state index is 0.774. The zero-order valence-electron chi connectivity index (χ0n) is 6.68. The second-order valence-electron chi connectivity index (χ2n) is 1.49. The zero-order chi connectivity index (χ0) is 7.82. The quantitative estimate of drug-likeness (QED) is 0.634. The summed E-state index contributed by atoms with van der Waals surface area (Å²) >= 11 is 0. The molecule has 0 amide bonds. The van der Waals surface area contributed by atoms with Crippen LogP contribution in [0.2, 0.25) is 0 Å². The number of hydrogen-bond donors (Lipinski definition) is 2. The van der Waals surface area contributed by atoms with Crippen LogP contribution in [0, 0.1) is 0 Å². The fourth-order valence-corrected chi connectivity index (χ4v) is 0.492. The standard InChI is InChI=1S/C4H8N4.C2H6/c1-5-2-4-3-6-8-7-4;1-2/h3,5H,2H2,1H3,(H,6,7,8);1-2H3. The molecule has 1 aromatic heterocycles. The molecular weight excluding hydrogens is 128 g/mol. The second-order valence-corrected chi connectivity index (χ2v) is 1.49. The number of aromatic nitrogens is 3. The molecule has 1 rings (SSSR count). The first-order chi connectivity index (χ1) is 4.93. The highest BCUT2D eigenvalue weighted by Crippen LogP contribution is 1.83. The van der Waals surface area contributed by atoms with Crippen molar-refractivity contribution in [3.05, 3.63) is 11.9 Å². The average molecular weight is 142 g/mol. The van der Waals surface area contributed by atoms with Crippen LogP contribution in [0.25, 0.3) is 0 Å². The van der Waals surface area contributed by atoms with Crippen molar-refractivity contribution in [2.45, 2.75) is 20.4 Å². The Morgan fingerprint density at radius 1 is 1.60 bits per heavy atom. The van der Waals surface area contributed by atoms with Crippen LogP contribution in [0.5, 0.6) is 0 Å². The lowest BCUT2D eigenvalue weighted by molar-refractivity contribution is 0.781. The van der Waals surface area contributed by atoms with Crippen LogP contribution >= 0.6 is 0 Å². The maximum Gasteiger partial charge on any atom is 0.0962 e. The lowest BCUT2D eigenvalue weighted by atomic mass is 10.5. The van der Waals surface area contributed by atoms with Gasteiger partial charge in [0.1, 0.15) is 0 Å². The first-order valence-corrected chi connectivity index (χ1v) is 3.42. The predicted octanol–water partition coefficient (Wildman–Crippen LogP) is 0.550. The van der Waals surface area contributed by atoms with Gasteiger partial charge in [0.05, 0.1) is 11.9 Å². The number of nitrogens with zero attached hydrogens (tertiary/aromatic N) is 2. The van der Waals surface area contributed by atoms with E-state index in [4.69, 9.17) is 0 Å². The number of hydrogen-bond acceptors (Lipinski definition) is 3. The van der Waals surface area contributed by atoms with Crippen molar-refractivity contribution >= 4 is 0 Å². The molecule has 4 nitrogen and oxygen atoms in total. The summed E-state index contributed by atoms with van der Waals surface area (Å²) in [5.74, 6) is 0. The molecule has 0 atom stereocenters. The molecule has 0 aliphatic carbocycles. The summed E-state index contributed by atoms with van der Waals surface area (Å²) in [5.41, 5.74) is 0.938. The molecular formula is C6H14N4. The molecule has 10 heavy (non-hydrogen) atoms. The first kappa shape index (κ1) is 9.10. The normalized spacial score (nSPS) is 8.30. The Kier molecular flexibility index (Phi) is 5.66. The summed E-state index contributed by atoms with van der Waals surface area (Å²) in [6, 6.07) is 0. The third-order valence-electron chi connectivity index (χ3n) is 0.823. The van der Waals surface area contributed by atoms with Gasteiger partial charge in [0.25, 0.3) is 0 Å². The summed E-state index contributed by atoms with van der Waals surface area (Å²) in [7, 11) is 1.87. The molecule has 0 aromatic carbocycles. The molecule has 0 bridgehead atoms. The molecule has 0 saturated carbocycles. The van der Waals surface area contributed by atoms with Crippen LogP contribution in [0.4, 0.5) is 0 Å². The topological polar surface area (TPSA) is 53.6 Å². The molecule has 0 aliphatic rings. The number of nitrogens with one attached hydrogen (secondary N) is 2. The van der Waals surface area contributed by atoms with Crippen LogP contribution in [0.15, 0.2) is 6.20 Å². The fourth-order valence-electron chi connectivity index (χ4n) is 0.492. The highest BCUT2D eigenvalue weighted by Gasteiger charge is 1.88. The monoisotopic (exact) mass is 142 g/mol. The third kappa shape index (κ3) is 3.19. The van der Waals surface area contributed by atoms with Gasteiger partial charge in [-0.05, 0) is 7.05 Å². The van der Waals surface area contributed by atoms with E-state index in [2.05, 4.69) is 20.7 Å². The van der Waals surface area contributed by atoms with Gasteiger partial charge >= 0.3 is 0 Å². The van der Waals surface area contributed by atoms with E-state index in [-0.39, 0.29) is 0 Å². The molecule has 0 fully saturated rings. The zero-order valence-corrected chi connectivity index (χ0v) is 6.68. The summed E-state index contributed by atoms with van der Waals surface area (Å²) in [5, 5.41) is 12.9. The maximum atomic E-state index is 3.81. The summed E-state index contributed by atoms with van der Waals surface area (Å²) in [6.45, 7) is 4.77. The Balaban J connectivity index is 0.000000371. The van der Waals surface area contributed by atoms with Gasteiger partial charge in [-0.1, -0.05) is 13.8 Å². The molecule has 2 N–H and O–H groups in total. The predicted molar refractivity (Wildman–Crippen MR) is 40.5 cm³/mol. The van der Waals surface area contributed by atoms with Crippen LogP contribution in [-0.2, 0) is 6.54 Å². The van der Waals surface area contributed by atoms with Gasteiger partial charge in [0.15, 0.2) is 0 Å². The summed E-state index contributed by atoms with van der Waals surface area (Å²) in [6.07, 6.45) is 1.69. The first-order valence-electron chi connectivity index (χ1n) is 3.42. The Morgan fingerprint density at radius 3 is 2.70 bits per heavy atom. The molecule has 1 heterocycles. The van der Waals surface area contributed by atoms with Gasteiger partial charge < -0.3 is 5.32 Å². The van der Waals surface area contributed by atoms with E-state index in [1.54, 1.807) is 6.20 Å². The molecule has 0 radical (unpaired) electrons. The molecule has 4 heteroatoms. The van der Waals surface area contributed by atoms with Gasteiger partial charge in [0, 0.05) is 6.54 Å². The summed E-state index contributed by atoms with van der Waals surface area (Å²) < 4.78 is 0. The van der Waals surface area contributed by atoms with E-state index in [9.17, 15) is 0 Å². The minimum absolute atomic E-state index is 0.774. The SMILES string of the molecule is CC.CNCc1cn[nH]n1. The van der Waals surface area contributed by atoms with Crippen molar-refractivity contribution in [3.63, 3.8) is 0 Å². The van der Waals surface area contributed by atoms with Gasteiger partial charge in [-0.3, -0.25) is 0 Å². The Bertz CT molecular complexity index is 135. The lowest BCUT2D eigenvalue weighted by Gasteiger charge is -1.86. The van der Waals surface area contributed by atoms with Crippen molar-refractivity contribution < 1.29 is 0 Å². The third-order valence-corrected chi connectivity index (χ3v) is 0.823. The van der Waals surface area contributed by atoms with Gasteiger partial charge in [0.2, 0.25) is 0 Å². The van der Waals surface area contributed by atoms with E-state index >= 15 is 0 Å². The van der Waals surface area contributed by atoms with E-state index in [1.807, 2.05) is 20.9 Å². The van der Waals surface area contributed by atoms with Crippen LogP contribution < -0.4 is 5.32 Å². The Hall–Kier alpha value is -0.900. The summed E-state index contributed by atoms with van der Waals surface area (Å²) in [4.78, 5) is 0. The van der Waals surface area contributed by atoms with Gasteiger partial charge in [-0.2, -0.15) is 15.4 Å². The molecule has 0 spiro atoms. The Morgan fingerprint density at radius 2 is 2.30 bits per heavy atom. The minimum Gasteiger partial charge on any atom is -0.314 e. The van der Waals surface area contributed by atoms with E-state index in [1.165, 1.54) is 0 Å². The number of H-pyrrole nitrogens is 1. The van der Waals surface area contributed by atoms with Crippen LogP contribution in [-0.4, -0.2) is 22.5 Å². The molecule has 0 saturated heterocycles. The van der Waals surface area contributed by atoms with Crippen LogP contribution in [0.3, 0.4) is 0 Å². The maximum absolute atomic E-state index is 3.81. The molecule has 1 aromatic rings. The van der Waals surface area contributed by atoms with Crippen molar-refractivity contribution in [2.75, 3.05) is 7.05 Å². The highest BCUT2D eigenvalue weighted by atomic mass is 15.3. The number of aromatic amines is 1. The van der Waals surface area contributed by atoms with Gasteiger partial charge in [-0.15, -0.1) is 0 Å². The van der Waals surface area contributed by atoms with Crippen molar-refractivity contribution in [1.29, 1.82) is 0 Å². The number of rotatable bonds is 2. The van der Waals surface area contributed by atoms with Crippen molar-refractivity contribution in [1.82, 2.24) is 20.7 Å². The van der Waals surface area contributed by atoms with Gasteiger partial charge in [-0.25, -0.2) is 0 Å². The lowest BCUT2D eigenvalue weighted by Crippen LogP contribution is -2.04. The van der Waals surface area contributed by atoms with Crippen molar-refractivity contribution in [2.24, 2.45) is 0 Å². The highest BCUT2D eigenvalue weighted by molar-refractivity contribution is 4.88. The molecule has 0 unspecified atom stereocenters. The second kappa shape index (κ2) is 6.22. The largest absolute Gasteiger partial charge is 0.314 e. The fraction of sp³-hybridized carbons (Fsp3) is 0.667. The Labute approximate surface area is 61.0 Å². The van der Waals surface area contributed by atoms with E-state index in [0.717, 1.165) is 12.2 Å². The van der Waals surface area contributed by atoms with Crippen molar-refractivity contribution in [3.8, 4) is 0 Å². The van der Waals surface area contributed by atoms with Crippen LogP contribution in [0.1, 0.15) is 19.5 Å². The van der Waals surface area contributed by atoms with E-state index in [0.29, 0.717) is 0 Å².